The highest BCUT2D eigenvalue weighted by Gasteiger charge is 2.29. The molecule has 0 radical (unpaired) electrons. The van der Waals surface area contributed by atoms with Crippen LogP contribution in [0.15, 0.2) is 24.3 Å². The van der Waals surface area contributed by atoms with Gasteiger partial charge in [-0.15, -0.1) is 11.8 Å². The third kappa shape index (κ3) is 2.09. The fourth-order valence-corrected chi connectivity index (χ4v) is 2.60. The van der Waals surface area contributed by atoms with Gasteiger partial charge < -0.3 is 10.1 Å². The standard InChI is InChI=1S/C11H13NO2S/c1-7-10(13)12-11(15-7)8-4-3-5-9(6-8)14-2/h3-7,11H,1-2H3,(H,12,13). The van der Waals surface area contributed by atoms with Gasteiger partial charge in [-0.05, 0) is 24.6 Å². The Labute approximate surface area is 93.2 Å². The second kappa shape index (κ2) is 4.14. The number of thioether (sulfide) groups is 1. The van der Waals surface area contributed by atoms with Gasteiger partial charge in [0.05, 0.1) is 12.4 Å². The van der Waals surface area contributed by atoms with E-state index in [1.165, 1.54) is 0 Å². The van der Waals surface area contributed by atoms with Crippen molar-refractivity contribution in [3.8, 4) is 5.75 Å². The van der Waals surface area contributed by atoms with E-state index in [-0.39, 0.29) is 16.5 Å². The van der Waals surface area contributed by atoms with Crippen LogP contribution in [0, 0.1) is 0 Å². The maximum atomic E-state index is 11.3. The quantitative estimate of drug-likeness (QED) is 0.832. The molecule has 4 heteroatoms. The van der Waals surface area contributed by atoms with E-state index in [4.69, 9.17) is 4.74 Å². The second-order valence-corrected chi connectivity index (χ2v) is 4.89. The van der Waals surface area contributed by atoms with Crippen LogP contribution in [0.25, 0.3) is 0 Å². The van der Waals surface area contributed by atoms with E-state index in [1.54, 1.807) is 18.9 Å². The average molecular weight is 223 g/mol. The maximum Gasteiger partial charge on any atom is 0.234 e. The first kappa shape index (κ1) is 10.4. The second-order valence-electron chi connectivity index (χ2n) is 3.44. The van der Waals surface area contributed by atoms with Gasteiger partial charge in [-0.25, -0.2) is 0 Å². The minimum absolute atomic E-state index is 0.0289. The summed E-state index contributed by atoms with van der Waals surface area (Å²) in [5.74, 6) is 0.926. The Morgan fingerprint density at radius 1 is 1.47 bits per heavy atom. The van der Waals surface area contributed by atoms with Crippen LogP contribution in [0.3, 0.4) is 0 Å². The van der Waals surface area contributed by atoms with Gasteiger partial charge in [0.1, 0.15) is 11.1 Å². The minimum Gasteiger partial charge on any atom is -0.497 e. The summed E-state index contributed by atoms with van der Waals surface area (Å²) < 4.78 is 5.15. The third-order valence-electron chi connectivity index (χ3n) is 2.38. The van der Waals surface area contributed by atoms with E-state index >= 15 is 0 Å². The summed E-state index contributed by atoms with van der Waals surface area (Å²) in [5.41, 5.74) is 1.08. The van der Waals surface area contributed by atoms with Gasteiger partial charge in [-0.2, -0.15) is 0 Å². The molecule has 2 rings (SSSR count). The van der Waals surface area contributed by atoms with E-state index in [9.17, 15) is 4.79 Å². The van der Waals surface area contributed by atoms with Gasteiger partial charge in [-0.1, -0.05) is 12.1 Å². The lowest BCUT2D eigenvalue weighted by molar-refractivity contribution is -0.119. The first-order valence-corrected chi connectivity index (χ1v) is 5.75. The lowest BCUT2D eigenvalue weighted by Crippen LogP contribution is -2.22. The Bertz CT molecular complexity index is 381. The molecule has 1 aliphatic rings. The summed E-state index contributed by atoms with van der Waals surface area (Å²) in [6, 6.07) is 7.78. The molecule has 1 fully saturated rings. The number of hydrogen-bond donors (Lipinski definition) is 1. The van der Waals surface area contributed by atoms with E-state index < -0.39 is 0 Å². The molecule has 1 amide bonds. The first-order chi connectivity index (χ1) is 7.20. The Morgan fingerprint density at radius 2 is 2.27 bits per heavy atom. The summed E-state index contributed by atoms with van der Waals surface area (Å²) in [5, 5.41) is 3.03. The Morgan fingerprint density at radius 3 is 2.87 bits per heavy atom. The number of carbonyl (C=O) groups is 1. The predicted octanol–water partition coefficient (Wildman–Crippen LogP) is 1.95. The number of rotatable bonds is 2. The molecule has 80 valence electrons. The van der Waals surface area contributed by atoms with Crippen molar-refractivity contribution in [2.24, 2.45) is 0 Å². The zero-order valence-corrected chi connectivity index (χ0v) is 9.51. The van der Waals surface area contributed by atoms with Crippen molar-refractivity contribution in [2.75, 3.05) is 7.11 Å². The highest BCUT2D eigenvalue weighted by molar-refractivity contribution is 8.01. The number of nitrogens with one attached hydrogen (secondary N) is 1. The molecule has 0 saturated carbocycles. The van der Waals surface area contributed by atoms with Crippen LogP contribution in [-0.2, 0) is 4.79 Å². The molecule has 1 aromatic carbocycles. The third-order valence-corrected chi connectivity index (χ3v) is 3.66. The molecule has 3 nitrogen and oxygen atoms in total. The molecule has 2 atom stereocenters. The zero-order chi connectivity index (χ0) is 10.8. The smallest absolute Gasteiger partial charge is 0.234 e. The number of carbonyl (C=O) groups excluding carboxylic acids is 1. The Hall–Kier alpha value is -1.16. The average Bonchev–Trinajstić information content (AvgIpc) is 2.59. The van der Waals surface area contributed by atoms with Crippen molar-refractivity contribution in [1.82, 2.24) is 5.32 Å². The Balaban J connectivity index is 2.19. The van der Waals surface area contributed by atoms with Crippen LogP contribution in [0.4, 0.5) is 0 Å². The molecule has 0 aromatic heterocycles. The molecule has 2 unspecified atom stereocenters. The molecular formula is C11H13NO2S. The maximum absolute atomic E-state index is 11.3. The molecule has 1 aromatic rings. The molecular weight excluding hydrogens is 210 g/mol. The molecule has 1 saturated heterocycles. The van der Waals surface area contributed by atoms with Crippen molar-refractivity contribution in [3.05, 3.63) is 29.8 Å². The van der Waals surface area contributed by atoms with Crippen molar-refractivity contribution < 1.29 is 9.53 Å². The monoisotopic (exact) mass is 223 g/mol. The van der Waals surface area contributed by atoms with Gasteiger partial charge >= 0.3 is 0 Å². The van der Waals surface area contributed by atoms with E-state index in [0.717, 1.165) is 11.3 Å². The number of ether oxygens (including phenoxy) is 1. The highest BCUT2D eigenvalue weighted by Crippen LogP contribution is 2.36. The van der Waals surface area contributed by atoms with Crippen molar-refractivity contribution >= 4 is 17.7 Å². The summed E-state index contributed by atoms with van der Waals surface area (Å²) in [4.78, 5) is 11.3. The molecule has 1 heterocycles. The van der Waals surface area contributed by atoms with Crippen molar-refractivity contribution in [2.45, 2.75) is 17.5 Å². The summed E-state index contributed by atoms with van der Waals surface area (Å²) >= 11 is 1.63. The summed E-state index contributed by atoms with van der Waals surface area (Å²) in [6.07, 6.45) is 0. The van der Waals surface area contributed by atoms with Crippen molar-refractivity contribution in [3.63, 3.8) is 0 Å². The van der Waals surface area contributed by atoms with E-state index in [0.29, 0.717) is 0 Å². The summed E-state index contributed by atoms with van der Waals surface area (Å²) in [7, 11) is 1.64. The van der Waals surface area contributed by atoms with Crippen LogP contribution in [0.5, 0.6) is 5.75 Å². The summed E-state index contributed by atoms with van der Waals surface area (Å²) in [6.45, 7) is 1.92. The largest absolute Gasteiger partial charge is 0.497 e. The number of methoxy groups -OCH3 is 1. The minimum atomic E-state index is 0.0289. The van der Waals surface area contributed by atoms with Crippen LogP contribution in [-0.4, -0.2) is 18.3 Å². The lowest BCUT2D eigenvalue weighted by atomic mass is 10.2. The van der Waals surface area contributed by atoms with Gasteiger partial charge in [-0.3, -0.25) is 4.79 Å². The van der Waals surface area contributed by atoms with E-state index in [2.05, 4.69) is 5.32 Å². The fraction of sp³-hybridized carbons (Fsp3) is 0.364. The SMILES string of the molecule is COc1cccc(C2NC(=O)C(C)S2)c1. The van der Waals surface area contributed by atoms with Gasteiger partial charge in [0.25, 0.3) is 0 Å². The number of amides is 1. The van der Waals surface area contributed by atoms with Gasteiger partial charge in [0.2, 0.25) is 5.91 Å². The van der Waals surface area contributed by atoms with Crippen LogP contribution in [0.1, 0.15) is 17.9 Å². The molecule has 1 aliphatic heterocycles. The first-order valence-electron chi connectivity index (χ1n) is 4.80. The van der Waals surface area contributed by atoms with Crippen molar-refractivity contribution in [1.29, 1.82) is 0 Å². The topological polar surface area (TPSA) is 38.3 Å². The molecule has 0 bridgehead atoms. The fourth-order valence-electron chi connectivity index (χ4n) is 1.51. The number of hydrogen-bond acceptors (Lipinski definition) is 3. The predicted molar refractivity (Wildman–Crippen MR) is 60.9 cm³/mol. The number of benzene rings is 1. The van der Waals surface area contributed by atoms with Crippen LogP contribution in [0.2, 0.25) is 0 Å². The van der Waals surface area contributed by atoms with E-state index in [1.807, 2.05) is 31.2 Å². The Kier molecular flexibility index (Phi) is 2.86. The zero-order valence-electron chi connectivity index (χ0n) is 8.69. The molecule has 0 spiro atoms. The molecule has 1 N–H and O–H groups in total. The lowest BCUT2D eigenvalue weighted by Gasteiger charge is -2.10. The molecule has 15 heavy (non-hydrogen) atoms. The van der Waals surface area contributed by atoms with Crippen LogP contribution >= 0.6 is 11.8 Å². The molecule has 0 aliphatic carbocycles. The highest BCUT2D eigenvalue weighted by atomic mass is 32.2. The van der Waals surface area contributed by atoms with Gasteiger partial charge in [0, 0.05) is 0 Å². The normalized spacial score (nSPS) is 25.1. The van der Waals surface area contributed by atoms with Crippen LogP contribution < -0.4 is 10.1 Å². The van der Waals surface area contributed by atoms with Gasteiger partial charge in [0.15, 0.2) is 0 Å².